The van der Waals surface area contributed by atoms with Crippen LogP contribution in [0.1, 0.15) is 23.0 Å². The number of hydrogen-bond donors (Lipinski definition) is 1. The van der Waals surface area contributed by atoms with E-state index in [1.165, 1.54) is 24.3 Å². The molecular formula is C19H16ClFN4O3. The highest BCUT2D eigenvalue weighted by molar-refractivity contribution is 6.30. The van der Waals surface area contributed by atoms with Gasteiger partial charge in [-0.1, -0.05) is 23.7 Å². The maximum atomic E-state index is 13.0. The lowest BCUT2D eigenvalue weighted by atomic mass is 10.2. The Morgan fingerprint density at radius 1 is 1.11 bits per heavy atom. The van der Waals surface area contributed by atoms with Crippen molar-refractivity contribution in [2.45, 2.75) is 20.0 Å². The van der Waals surface area contributed by atoms with Crippen molar-refractivity contribution in [3.63, 3.8) is 0 Å². The summed E-state index contributed by atoms with van der Waals surface area (Å²) < 4.78 is 14.9. The highest BCUT2D eigenvalue weighted by atomic mass is 35.5. The number of nitrogens with zero attached hydrogens (tertiary/aromatic N) is 3. The predicted octanol–water partition coefficient (Wildman–Crippen LogP) is 2.14. The molecule has 3 rings (SSSR count). The molecule has 0 atom stereocenters. The van der Waals surface area contributed by atoms with E-state index in [0.29, 0.717) is 16.3 Å². The molecule has 144 valence electrons. The predicted molar refractivity (Wildman–Crippen MR) is 102 cm³/mol. The number of aromatic nitrogens is 3. The molecule has 0 saturated heterocycles. The molecule has 0 bridgehead atoms. The smallest absolute Gasteiger partial charge is 0.346 e. The number of halogens is 2. The summed E-state index contributed by atoms with van der Waals surface area (Å²) in [7, 11) is 0. The molecule has 2 aromatic carbocycles. The molecule has 0 saturated carbocycles. The second kappa shape index (κ2) is 8.18. The van der Waals surface area contributed by atoms with Gasteiger partial charge in [-0.05, 0) is 48.9 Å². The summed E-state index contributed by atoms with van der Waals surface area (Å²) in [5.74, 6) is -1.13. The van der Waals surface area contributed by atoms with Gasteiger partial charge in [0.1, 0.15) is 5.82 Å². The number of amides is 1. The Balaban J connectivity index is 1.97. The lowest BCUT2D eigenvalue weighted by Gasteiger charge is -2.11. The van der Waals surface area contributed by atoms with Gasteiger partial charge in [-0.25, -0.2) is 9.18 Å². The fourth-order valence-electron chi connectivity index (χ4n) is 2.55. The molecule has 1 N–H and O–H groups in total. The zero-order chi connectivity index (χ0) is 20.3. The summed E-state index contributed by atoms with van der Waals surface area (Å²) in [6.07, 6.45) is 0. The average molecular weight is 403 g/mol. The Hall–Kier alpha value is -3.26. The third kappa shape index (κ3) is 4.01. The molecule has 0 radical (unpaired) electrons. The highest BCUT2D eigenvalue weighted by Gasteiger charge is 2.19. The molecule has 0 aliphatic rings. The van der Waals surface area contributed by atoms with E-state index in [-0.39, 0.29) is 13.1 Å². The van der Waals surface area contributed by atoms with Crippen molar-refractivity contribution in [1.82, 2.24) is 19.7 Å². The van der Waals surface area contributed by atoms with E-state index < -0.39 is 28.7 Å². The minimum Gasteiger partial charge on any atom is -0.346 e. The van der Waals surface area contributed by atoms with Crippen LogP contribution in [0.3, 0.4) is 0 Å². The van der Waals surface area contributed by atoms with Gasteiger partial charge < -0.3 is 5.32 Å². The molecular weight excluding hydrogens is 387 g/mol. The van der Waals surface area contributed by atoms with E-state index in [0.717, 1.165) is 9.25 Å². The number of rotatable bonds is 5. The van der Waals surface area contributed by atoms with E-state index in [1.807, 2.05) is 0 Å². The summed E-state index contributed by atoms with van der Waals surface area (Å²) in [6, 6.07) is 11.8. The van der Waals surface area contributed by atoms with Gasteiger partial charge in [0.2, 0.25) is 5.69 Å². The van der Waals surface area contributed by atoms with Gasteiger partial charge in [-0.3, -0.25) is 14.2 Å². The summed E-state index contributed by atoms with van der Waals surface area (Å²) in [5.41, 5.74) is -0.849. The van der Waals surface area contributed by atoms with Crippen LogP contribution in [0.15, 0.2) is 58.1 Å². The number of carbonyl (C=O) groups is 1. The molecule has 0 aliphatic carbocycles. The van der Waals surface area contributed by atoms with Crippen molar-refractivity contribution in [2.24, 2.45) is 0 Å². The first-order valence-corrected chi connectivity index (χ1v) is 8.81. The third-order valence-corrected chi connectivity index (χ3v) is 4.28. The van der Waals surface area contributed by atoms with Gasteiger partial charge >= 0.3 is 5.69 Å². The number of carbonyl (C=O) groups excluding carboxylic acids is 1. The lowest BCUT2D eigenvalue weighted by molar-refractivity contribution is 0.0941. The van der Waals surface area contributed by atoms with E-state index in [1.54, 1.807) is 31.2 Å². The van der Waals surface area contributed by atoms with Crippen LogP contribution in [0.25, 0.3) is 5.69 Å². The minimum absolute atomic E-state index is 0.0754. The molecule has 7 nitrogen and oxygen atoms in total. The normalized spacial score (nSPS) is 10.7. The topological polar surface area (TPSA) is 86.0 Å². The van der Waals surface area contributed by atoms with Gasteiger partial charge in [0, 0.05) is 18.1 Å². The van der Waals surface area contributed by atoms with Crippen molar-refractivity contribution in [3.05, 3.63) is 91.5 Å². The number of hydrogen-bond acceptors (Lipinski definition) is 4. The number of nitrogens with one attached hydrogen (secondary N) is 1. The van der Waals surface area contributed by atoms with Crippen molar-refractivity contribution in [1.29, 1.82) is 0 Å². The molecule has 3 aromatic rings. The Bertz CT molecular complexity index is 1120. The molecule has 1 heterocycles. The first-order chi connectivity index (χ1) is 13.4. The summed E-state index contributed by atoms with van der Waals surface area (Å²) in [6.45, 7) is 1.77. The molecule has 9 heteroatoms. The summed E-state index contributed by atoms with van der Waals surface area (Å²) >= 11 is 5.86. The van der Waals surface area contributed by atoms with Crippen molar-refractivity contribution >= 4 is 17.5 Å². The molecule has 28 heavy (non-hydrogen) atoms. The third-order valence-electron chi connectivity index (χ3n) is 4.03. The van der Waals surface area contributed by atoms with Gasteiger partial charge in [-0.15, -0.1) is 0 Å². The first kappa shape index (κ1) is 19.5. The van der Waals surface area contributed by atoms with Crippen LogP contribution < -0.4 is 16.6 Å². The maximum absolute atomic E-state index is 13.0. The van der Waals surface area contributed by atoms with E-state index in [2.05, 4.69) is 10.4 Å². The molecule has 0 spiro atoms. The standard InChI is InChI=1S/C19H16ClFN4O3/c1-2-24-18(27)16(17(26)22-11-12-3-7-14(21)8-4-12)23-25(19(24)28)15-9-5-13(20)6-10-15/h3-10H,2,11H2,1H3,(H,22,26). The van der Waals surface area contributed by atoms with Crippen LogP contribution in [0.5, 0.6) is 0 Å². The second-order valence-corrected chi connectivity index (χ2v) is 6.31. The Kier molecular flexibility index (Phi) is 5.70. The molecule has 1 aromatic heterocycles. The minimum atomic E-state index is -0.783. The van der Waals surface area contributed by atoms with Crippen LogP contribution in [-0.4, -0.2) is 20.3 Å². The Labute approximate surface area is 164 Å². The maximum Gasteiger partial charge on any atom is 0.352 e. The second-order valence-electron chi connectivity index (χ2n) is 5.88. The van der Waals surface area contributed by atoms with Crippen molar-refractivity contribution in [2.75, 3.05) is 0 Å². The number of benzene rings is 2. The molecule has 0 aliphatic heterocycles. The monoisotopic (exact) mass is 402 g/mol. The highest BCUT2D eigenvalue weighted by Crippen LogP contribution is 2.11. The summed E-state index contributed by atoms with van der Waals surface area (Å²) in [5, 5.41) is 6.99. The van der Waals surface area contributed by atoms with Gasteiger partial charge in [0.25, 0.3) is 11.5 Å². The van der Waals surface area contributed by atoms with Gasteiger partial charge in [-0.2, -0.15) is 9.78 Å². The van der Waals surface area contributed by atoms with Crippen LogP contribution in [0, 0.1) is 5.82 Å². The lowest BCUT2D eigenvalue weighted by Crippen LogP contribution is -2.45. The molecule has 0 unspecified atom stereocenters. The Morgan fingerprint density at radius 2 is 1.75 bits per heavy atom. The van der Waals surface area contributed by atoms with Crippen molar-refractivity contribution in [3.8, 4) is 5.69 Å². The van der Waals surface area contributed by atoms with E-state index in [4.69, 9.17) is 11.6 Å². The van der Waals surface area contributed by atoms with E-state index >= 15 is 0 Å². The van der Waals surface area contributed by atoms with Crippen LogP contribution in [-0.2, 0) is 13.1 Å². The first-order valence-electron chi connectivity index (χ1n) is 8.43. The van der Waals surface area contributed by atoms with Gasteiger partial charge in [0.15, 0.2) is 0 Å². The zero-order valence-corrected chi connectivity index (χ0v) is 15.6. The fraction of sp³-hybridized carbons (Fsp3) is 0.158. The Morgan fingerprint density at radius 3 is 2.36 bits per heavy atom. The summed E-state index contributed by atoms with van der Waals surface area (Å²) in [4.78, 5) is 37.6. The van der Waals surface area contributed by atoms with Gasteiger partial charge in [0.05, 0.1) is 5.69 Å². The van der Waals surface area contributed by atoms with Crippen LogP contribution in [0.2, 0.25) is 5.02 Å². The SMILES string of the molecule is CCn1c(=O)c(C(=O)NCc2ccc(F)cc2)nn(-c2ccc(Cl)cc2)c1=O. The quantitative estimate of drug-likeness (QED) is 0.708. The van der Waals surface area contributed by atoms with Crippen molar-refractivity contribution < 1.29 is 9.18 Å². The average Bonchev–Trinajstić information content (AvgIpc) is 2.69. The molecule has 0 fully saturated rings. The van der Waals surface area contributed by atoms with E-state index in [9.17, 15) is 18.8 Å². The fourth-order valence-corrected chi connectivity index (χ4v) is 2.68. The zero-order valence-electron chi connectivity index (χ0n) is 14.9. The van der Waals surface area contributed by atoms with Crippen LogP contribution >= 0.6 is 11.6 Å². The van der Waals surface area contributed by atoms with Crippen LogP contribution in [0.4, 0.5) is 4.39 Å². The largest absolute Gasteiger partial charge is 0.352 e. The molecule has 1 amide bonds.